The summed E-state index contributed by atoms with van der Waals surface area (Å²) in [6.45, 7) is -3.35. The Morgan fingerprint density at radius 3 is 2.46 bits per heavy atom. The molecule has 0 bridgehead atoms. The van der Waals surface area contributed by atoms with E-state index in [9.17, 15) is 20.3 Å². The highest BCUT2D eigenvalue weighted by Crippen LogP contribution is 2.33. The number of fused-ring (bicyclic) bond motifs is 2. The molecule has 8 heteroatoms. The van der Waals surface area contributed by atoms with Crippen molar-refractivity contribution in [1.82, 2.24) is 0 Å². The second-order valence-electron chi connectivity index (χ2n) is 6.22. The van der Waals surface area contributed by atoms with E-state index >= 15 is 0 Å². The van der Waals surface area contributed by atoms with Crippen molar-refractivity contribution in [2.45, 2.75) is 30.7 Å². The largest absolute Gasteiger partial charge is 0.555 e. The maximum absolute atomic E-state index is 10.8. The highest BCUT2D eigenvalue weighted by Gasteiger charge is 2.53. The van der Waals surface area contributed by atoms with Gasteiger partial charge in [-0.15, -0.1) is 5.46 Å². The van der Waals surface area contributed by atoms with E-state index in [1.807, 2.05) is 30.3 Å². The molecule has 0 aliphatic carbocycles. The number of benzene rings is 2. The fourth-order valence-corrected chi connectivity index (χ4v) is 3.33. The molecule has 0 aromatic heterocycles. The van der Waals surface area contributed by atoms with Crippen LogP contribution in [0.25, 0.3) is 10.8 Å². The molecule has 24 heavy (non-hydrogen) atoms. The fraction of sp³-hybridized carbons (Fsp3) is 0.375. The number of hydrogen-bond acceptors (Lipinski definition) is 7. The highest BCUT2D eigenvalue weighted by molar-refractivity contribution is 6.74. The Balaban J connectivity index is 1.66. The minimum atomic E-state index is -2.87. The molecular weight excluding hydrogens is 315 g/mol. The van der Waals surface area contributed by atoms with E-state index in [2.05, 4.69) is 0 Å². The second-order valence-corrected chi connectivity index (χ2v) is 6.22. The van der Waals surface area contributed by atoms with Gasteiger partial charge in [0.1, 0.15) is 24.6 Å². The third-order valence-corrected chi connectivity index (χ3v) is 4.68. The summed E-state index contributed by atoms with van der Waals surface area (Å²) in [5.41, 5.74) is 0.411. The Kier molecular flexibility index (Phi) is 3.85. The van der Waals surface area contributed by atoms with E-state index < -0.39 is 44.1 Å². The molecular formula is C16H18BO7-. The van der Waals surface area contributed by atoms with Gasteiger partial charge in [-0.1, -0.05) is 42.5 Å². The van der Waals surface area contributed by atoms with Crippen molar-refractivity contribution >= 4 is 23.0 Å². The average Bonchev–Trinajstić information content (AvgIpc) is 2.95. The molecule has 0 amide bonds. The van der Waals surface area contributed by atoms with E-state index in [-0.39, 0.29) is 0 Å². The van der Waals surface area contributed by atoms with Gasteiger partial charge in [0.05, 0.1) is 12.7 Å². The minimum Gasteiger partial charge on any atom is -0.555 e. The second kappa shape index (κ2) is 5.78. The van der Waals surface area contributed by atoms with Crippen LogP contribution >= 0.6 is 0 Å². The van der Waals surface area contributed by atoms with Crippen molar-refractivity contribution in [1.29, 1.82) is 0 Å². The Labute approximate surface area is 138 Å². The van der Waals surface area contributed by atoms with Crippen molar-refractivity contribution in [3.05, 3.63) is 42.5 Å². The third kappa shape index (κ3) is 2.44. The first-order valence-electron chi connectivity index (χ1n) is 7.85. The lowest BCUT2D eigenvalue weighted by Crippen LogP contribution is -2.57. The van der Waals surface area contributed by atoms with E-state index in [1.54, 1.807) is 12.1 Å². The van der Waals surface area contributed by atoms with Gasteiger partial charge in [-0.05, 0) is 10.8 Å². The summed E-state index contributed by atoms with van der Waals surface area (Å²) in [6.07, 6.45) is -5.78. The normalized spacial score (nSPS) is 39.1. The average molecular weight is 333 g/mol. The standard InChI is InChI=1S/C16H18BO7/c18-8-12-13(19)14(20)15-16(22-12)24-17(21,23-15)11-6-5-9-3-1-2-4-10(9)7-11/h1-7,12-16,18-21H,8H2/q-1/t12?,13-,14?,15+,16-,17?/m1/s1. The zero-order valence-corrected chi connectivity index (χ0v) is 12.7. The smallest absolute Gasteiger partial charge is 0.409 e. The first kappa shape index (κ1) is 16.0. The highest BCUT2D eigenvalue weighted by atomic mass is 16.8. The molecule has 2 heterocycles. The van der Waals surface area contributed by atoms with Crippen molar-refractivity contribution in [2.75, 3.05) is 6.61 Å². The molecule has 0 saturated carbocycles. The third-order valence-electron chi connectivity index (χ3n) is 4.68. The van der Waals surface area contributed by atoms with Crippen LogP contribution in [0.4, 0.5) is 0 Å². The molecule has 128 valence electrons. The Bertz CT molecular complexity index is 756. The van der Waals surface area contributed by atoms with Gasteiger partial charge in [0, 0.05) is 0 Å². The van der Waals surface area contributed by atoms with Gasteiger partial charge in [0.2, 0.25) is 0 Å². The number of hydrogen-bond donors (Lipinski definition) is 4. The van der Waals surface area contributed by atoms with Gasteiger partial charge in [-0.3, -0.25) is 0 Å². The number of aliphatic hydroxyl groups excluding tert-OH is 3. The quantitative estimate of drug-likeness (QED) is 0.513. The van der Waals surface area contributed by atoms with Gasteiger partial charge in [0.15, 0.2) is 0 Å². The monoisotopic (exact) mass is 333 g/mol. The first-order chi connectivity index (χ1) is 11.5. The van der Waals surface area contributed by atoms with Crippen LogP contribution in [-0.2, 0) is 14.0 Å². The fourth-order valence-electron chi connectivity index (χ4n) is 3.33. The minimum absolute atomic E-state index is 0.411. The summed E-state index contributed by atoms with van der Waals surface area (Å²) < 4.78 is 16.5. The molecule has 2 fully saturated rings. The van der Waals surface area contributed by atoms with Gasteiger partial charge < -0.3 is 34.4 Å². The molecule has 0 spiro atoms. The number of aliphatic hydroxyl groups is 3. The zero-order chi connectivity index (χ0) is 16.9. The SMILES string of the molecule is OCC1O[C@@H]2O[B-](O)(c3ccc4ccccc4c3)O[C@H]2C(O)[C@@H]1O. The molecule has 2 aliphatic heterocycles. The van der Waals surface area contributed by atoms with Crippen LogP contribution in [0, 0.1) is 0 Å². The Hall–Kier alpha value is -1.52. The van der Waals surface area contributed by atoms with E-state index in [4.69, 9.17) is 14.0 Å². The van der Waals surface area contributed by atoms with Crippen LogP contribution in [-0.4, -0.2) is 64.4 Å². The van der Waals surface area contributed by atoms with Crippen LogP contribution < -0.4 is 5.46 Å². The number of ether oxygens (including phenoxy) is 1. The van der Waals surface area contributed by atoms with Gasteiger partial charge in [-0.2, -0.15) is 0 Å². The van der Waals surface area contributed by atoms with Gasteiger partial charge in [0.25, 0.3) is 0 Å². The van der Waals surface area contributed by atoms with E-state index in [1.165, 1.54) is 0 Å². The molecule has 6 atom stereocenters. The predicted octanol–water partition coefficient (Wildman–Crippen LogP) is -1.17. The summed E-state index contributed by atoms with van der Waals surface area (Å²) in [5, 5.41) is 42.0. The summed E-state index contributed by atoms with van der Waals surface area (Å²) in [6, 6.07) is 12.9. The van der Waals surface area contributed by atoms with Crippen LogP contribution in [0.3, 0.4) is 0 Å². The van der Waals surface area contributed by atoms with E-state index in [0.717, 1.165) is 10.8 Å². The van der Waals surface area contributed by atoms with Crippen LogP contribution in [0.2, 0.25) is 0 Å². The summed E-state index contributed by atoms with van der Waals surface area (Å²) in [4.78, 5) is 0. The molecule has 2 aromatic rings. The molecule has 4 rings (SSSR count). The van der Waals surface area contributed by atoms with Crippen LogP contribution in [0.5, 0.6) is 0 Å². The molecule has 4 N–H and O–H groups in total. The van der Waals surface area contributed by atoms with Crippen molar-refractivity contribution in [3.8, 4) is 0 Å². The van der Waals surface area contributed by atoms with E-state index in [0.29, 0.717) is 5.46 Å². The molecule has 7 nitrogen and oxygen atoms in total. The van der Waals surface area contributed by atoms with Crippen LogP contribution in [0.15, 0.2) is 42.5 Å². The molecule has 2 aliphatic rings. The lowest BCUT2D eigenvalue weighted by molar-refractivity contribution is -0.250. The lowest BCUT2D eigenvalue weighted by Gasteiger charge is -2.39. The summed E-state index contributed by atoms with van der Waals surface area (Å²) in [5.74, 6) is 0. The maximum Gasteiger partial charge on any atom is 0.409 e. The van der Waals surface area contributed by atoms with Crippen LogP contribution in [0.1, 0.15) is 0 Å². The first-order valence-corrected chi connectivity index (χ1v) is 7.85. The van der Waals surface area contributed by atoms with Gasteiger partial charge >= 0.3 is 6.75 Å². The topological polar surface area (TPSA) is 109 Å². The van der Waals surface area contributed by atoms with Gasteiger partial charge in [-0.25, -0.2) is 0 Å². The predicted molar refractivity (Wildman–Crippen MR) is 85.3 cm³/mol. The summed E-state index contributed by atoms with van der Waals surface area (Å²) in [7, 11) is 0. The number of rotatable bonds is 2. The van der Waals surface area contributed by atoms with Crippen molar-refractivity contribution < 1.29 is 34.4 Å². The zero-order valence-electron chi connectivity index (χ0n) is 12.7. The molecule has 2 aromatic carbocycles. The molecule has 0 radical (unpaired) electrons. The van der Waals surface area contributed by atoms with Crippen molar-refractivity contribution in [3.63, 3.8) is 0 Å². The summed E-state index contributed by atoms with van der Waals surface area (Å²) >= 11 is 0. The Morgan fingerprint density at radius 2 is 1.71 bits per heavy atom. The lowest BCUT2D eigenvalue weighted by atomic mass is 9.69. The molecule has 2 saturated heterocycles. The van der Waals surface area contributed by atoms with Crippen molar-refractivity contribution in [2.24, 2.45) is 0 Å². The molecule has 3 unspecified atom stereocenters. The maximum atomic E-state index is 10.8. The Morgan fingerprint density at radius 1 is 0.958 bits per heavy atom.